The third-order valence-corrected chi connectivity index (χ3v) is 5.12. The summed E-state index contributed by atoms with van der Waals surface area (Å²) in [6, 6.07) is 15.3. The van der Waals surface area contributed by atoms with E-state index in [1.54, 1.807) is 9.36 Å². The van der Waals surface area contributed by atoms with Crippen LogP contribution in [0, 0.1) is 0 Å². The van der Waals surface area contributed by atoms with Gasteiger partial charge in [-0.05, 0) is 12.1 Å². The van der Waals surface area contributed by atoms with Gasteiger partial charge in [-0.2, -0.15) is 10.2 Å². The summed E-state index contributed by atoms with van der Waals surface area (Å²) in [6.45, 7) is 2.09. The molecule has 160 valence electrons. The highest BCUT2D eigenvalue weighted by Crippen LogP contribution is 2.18. The van der Waals surface area contributed by atoms with Gasteiger partial charge in [0.25, 0.3) is 11.8 Å². The van der Waals surface area contributed by atoms with Gasteiger partial charge < -0.3 is 16.0 Å². The van der Waals surface area contributed by atoms with E-state index in [1.165, 1.54) is 0 Å². The minimum atomic E-state index is -0.200. The van der Waals surface area contributed by atoms with Crippen LogP contribution in [-0.4, -0.2) is 57.6 Å². The van der Waals surface area contributed by atoms with E-state index >= 15 is 0 Å². The minimum Gasteiger partial charge on any atom is -0.349 e. The van der Waals surface area contributed by atoms with Crippen molar-refractivity contribution in [3.8, 4) is 0 Å². The fourth-order valence-corrected chi connectivity index (χ4v) is 3.58. The van der Waals surface area contributed by atoms with Crippen molar-refractivity contribution in [1.29, 1.82) is 0 Å². The fourth-order valence-electron chi connectivity index (χ4n) is 3.58. The molecule has 0 aliphatic heterocycles. The number of carbonyl (C=O) groups is 2. The van der Waals surface area contributed by atoms with E-state index in [0.717, 1.165) is 21.8 Å². The zero-order valence-electron chi connectivity index (χ0n) is 17.6. The lowest BCUT2D eigenvalue weighted by atomic mass is 10.2. The largest absolute Gasteiger partial charge is 0.349 e. The first-order valence-electron chi connectivity index (χ1n) is 10.2. The summed E-state index contributed by atoms with van der Waals surface area (Å²) in [6.07, 6.45) is 0. The number of hydrogen-bond donors (Lipinski definition) is 3. The Morgan fingerprint density at radius 2 is 1.13 bits per heavy atom. The number of rotatable bonds is 8. The molecular formula is C22H25N7O2. The second-order valence-corrected chi connectivity index (χ2v) is 7.24. The molecule has 2 aromatic carbocycles. The molecule has 4 rings (SSSR count). The molecule has 2 aromatic heterocycles. The molecule has 0 saturated carbocycles. The fraction of sp³-hybridized carbons (Fsp3) is 0.273. The Morgan fingerprint density at radius 3 is 1.58 bits per heavy atom. The predicted octanol–water partition coefficient (Wildman–Crippen LogP) is 1.21. The summed E-state index contributed by atoms with van der Waals surface area (Å²) in [7, 11) is 3.64. The lowest BCUT2D eigenvalue weighted by Gasteiger charge is -2.07. The highest BCUT2D eigenvalue weighted by atomic mass is 16.2. The van der Waals surface area contributed by atoms with Gasteiger partial charge in [-0.15, -0.1) is 0 Å². The first-order valence-corrected chi connectivity index (χ1v) is 10.2. The molecule has 9 heteroatoms. The Morgan fingerprint density at radius 1 is 0.710 bits per heavy atom. The average molecular weight is 419 g/mol. The Kier molecular flexibility index (Phi) is 5.94. The molecule has 31 heavy (non-hydrogen) atoms. The average Bonchev–Trinajstić information content (AvgIpc) is 3.31. The third kappa shape index (κ3) is 4.26. The van der Waals surface area contributed by atoms with Gasteiger partial charge in [0, 0.05) is 51.0 Å². The van der Waals surface area contributed by atoms with Gasteiger partial charge in [0.05, 0.1) is 11.0 Å². The Hall–Kier alpha value is -3.72. The predicted molar refractivity (Wildman–Crippen MR) is 119 cm³/mol. The van der Waals surface area contributed by atoms with Crippen molar-refractivity contribution in [3.63, 3.8) is 0 Å². The van der Waals surface area contributed by atoms with Crippen LogP contribution in [0.25, 0.3) is 21.8 Å². The van der Waals surface area contributed by atoms with Gasteiger partial charge in [-0.25, -0.2) is 0 Å². The number of carbonyl (C=O) groups excluding carboxylic acids is 2. The molecule has 3 N–H and O–H groups in total. The first kappa shape index (κ1) is 20.5. The minimum absolute atomic E-state index is 0.200. The first-order chi connectivity index (χ1) is 15.1. The lowest BCUT2D eigenvalue weighted by Crippen LogP contribution is -2.36. The van der Waals surface area contributed by atoms with E-state index in [1.807, 2.05) is 62.6 Å². The van der Waals surface area contributed by atoms with Crippen molar-refractivity contribution in [3.05, 3.63) is 59.9 Å². The Bertz CT molecular complexity index is 1150. The van der Waals surface area contributed by atoms with Crippen LogP contribution in [0.3, 0.4) is 0 Å². The van der Waals surface area contributed by atoms with E-state index in [-0.39, 0.29) is 11.8 Å². The van der Waals surface area contributed by atoms with Crippen LogP contribution in [-0.2, 0) is 14.1 Å². The maximum atomic E-state index is 12.4. The number of amides is 2. The zero-order valence-corrected chi connectivity index (χ0v) is 17.6. The van der Waals surface area contributed by atoms with Crippen molar-refractivity contribution >= 4 is 33.6 Å². The summed E-state index contributed by atoms with van der Waals surface area (Å²) in [4.78, 5) is 24.9. The number of aryl methyl sites for hydroxylation is 2. The van der Waals surface area contributed by atoms with Crippen LogP contribution in [0.4, 0.5) is 0 Å². The standard InChI is InChI=1S/C22H25N7O2/c1-28-17-9-5-3-7-15(17)19(26-28)21(30)24-13-11-23-12-14-25-22(31)20-16-8-4-6-10-18(16)29(2)27-20/h3-10,23H,11-14H2,1-2H3,(H,24,30)(H,25,31). The molecule has 0 spiro atoms. The van der Waals surface area contributed by atoms with E-state index < -0.39 is 0 Å². The summed E-state index contributed by atoms with van der Waals surface area (Å²) in [5.41, 5.74) is 2.69. The summed E-state index contributed by atoms with van der Waals surface area (Å²) < 4.78 is 3.41. The highest BCUT2D eigenvalue weighted by molar-refractivity contribution is 6.05. The second-order valence-electron chi connectivity index (χ2n) is 7.24. The van der Waals surface area contributed by atoms with Gasteiger partial charge in [-0.3, -0.25) is 19.0 Å². The molecule has 0 unspecified atom stereocenters. The van der Waals surface area contributed by atoms with Crippen LogP contribution in [0.1, 0.15) is 21.0 Å². The van der Waals surface area contributed by atoms with Crippen LogP contribution < -0.4 is 16.0 Å². The van der Waals surface area contributed by atoms with Crippen molar-refractivity contribution in [2.45, 2.75) is 0 Å². The van der Waals surface area contributed by atoms with Crippen LogP contribution >= 0.6 is 0 Å². The molecule has 0 saturated heterocycles. The molecule has 4 aromatic rings. The van der Waals surface area contributed by atoms with Gasteiger partial charge >= 0.3 is 0 Å². The molecule has 2 amide bonds. The number of aromatic nitrogens is 4. The van der Waals surface area contributed by atoms with Crippen LogP contribution in [0.5, 0.6) is 0 Å². The highest BCUT2D eigenvalue weighted by Gasteiger charge is 2.16. The number of para-hydroxylation sites is 2. The van der Waals surface area contributed by atoms with E-state index in [9.17, 15) is 9.59 Å². The molecule has 2 heterocycles. The molecule has 0 aliphatic carbocycles. The van der Waals surface area contributed by atoms with E-state index in [0.29, 0.717) is 37.6 Å². The van der Waals surface area contributed by atoms with Crippen molar-refractivity contribution in [1.82, 2.24) is 35.5 Å². The summed E-state index contributed by atoms with van der Waals surface area (Å²) in [5, 5.41) is 19.3. The number of fused-ring (bicyclic) bond motifs is 2. The number of benzene rings is 2. The SMILES string of the molecule is Cn1nc(C(=O)NCCNCCNC(=O)c2nn(C)c3ccccc23)c2ccccc21. The third-order valence-electron chi connectivity index (χ3n) is 5.12. The van der Waals surface area contributed by atoms with Gasteiger partial charge in [0.1, 0.15) is 0 Å². The smallest absolute Gasteiger partial charge is 0.272 e. The van der Waals surface area contributed by atoms with Crippen molar-refractivity contribution in [2.24, 2.45) is 14.1 Å². The molecule has 0 atom stereocenters. The Labute approximate surface area is 179 Å². The monoisotopic (exact) mass is 419 g/mol. The van der Waals surface area contributed by atoms with Gasteiger partial charge in [-0.1, -0.05) is 36.4 Å². The van der Waals surface area contributed by atoms with Crippen LogP contribution in [0.15, 0.2) is 48.5 Å². The summed E-state index contributed by atoms with van der Waals surface area (Å²) >= 11 is 0. The number of nitrogens with zero attached hydrogens (tertiary/aromatic N) is 4. The van der Waals surface area contributed by atoms with Crippen molar-refractivity contribution < 1.29 is 9.59 Å². The van der Waals surface area contributed by atoms with Gasteiger partial charge in [0.15, 0.2) is 11.4 Å². The van der Waals surface area contributed by atoms with Crippen molar-refractivity contribution in [2.75, 3.05) is 26.2 Å². The molecule has 0 bridgehead atoms. The molecular weight excluding hydrogens is 394 g/mol. The number of hydrogen-bond acceptors (Lipinski definition) is 5. The quantitative estimate of drug-likeness (QED) is 0.372. The van der Waals surface area contributed by atoms with E-state index in [2.05, 4.69) is 26.1 Å². The van der Waals surface area contributed by atoms with E-state index in [4.69, 9.17) is 0 Å². The van der Waals surface area contributed by atoms with Crippen LogP contribution in [0.2, 0.25) is 0 Å². The molecule has 9 nitrogen and oxygen atoms in total. The maximum absolute atomic E-state index is 12.4. The maximum Gasteiger partial charge on any atom is 0.272 e. The molecule has 0 fully saturated rings. The number of nitrogens with one attached hydrogen (secondary N) is 3. The lowest BCUT2D eigenvalue weighted by molar-refractivity contribution is 0.0944. The Balaban J connectivity index is 1.19. The second kappa shape index (κ2) is 8.97. The normalized spacial score (nSPS) is 11.2. The zero-order chi connectivity index (χ0) is 21.8. The summed E-state index contributed by atoms with van der Waals surface area (Å²) in [5.74, 6) is -0.400. The topological polar surface area (TPSA) is 106 Å². The molecule has 0 aliphatic rings. The van der Waals surface area contributed by atoms with Gasteiger partial charge in [0.2, 0.25) is 0 Å². The molecule has 0 radical (unpaired) electrons.